The Morgan fingerprint density at radius 1 is 1.10 bits per heavy atom. The summed E-state index contributed by atoms with van der Waals surface area (Å²) in [6.45, 7) is 8.13. The van der Waals surface area contributed by atoms with Crippen LogP contribution in [-0.2, 0) is 4.79 Å². The molecule has 4 nitrogen and oxygen atoms in total. The van der Waals surface area contributed by atoms with Gasteiger partial charge in [0.1, 0.15) is 0 Å². The fraction of sp³-hybridized carbons (Fsp3) is 0.438. The number of rotatable bonds is 3. The van der Waals surface area contributed by atoms with E-state index in [1.165, 1.54) is 5.69 Å². The molecule has 1 aromatic carbocycles. The molecular weight excluding hydrogens is 250 g/mol. The molecule has 1 heterocycles. The van der Waals surface area contributed by atoms with Crippen LogP contribution in [0.3, 0.4) is 0 Å². The van der Waals surface area contributed by atoms with Gasteiger partial charge >= 0.3 is 0 Å². The molecule has 0 unspecified atom stereocenters. The lowest BCUT2D eigenvalue weighted by molar-refractivity contribution is -0.111. The maximum atomic E-state index is 11.6. The average molecular weight is 273 g/mol. The monoisotopic (exact) mass is 273 g/mol. The van der Waals surface area contributed by atoms with Crippen molar-refractivity contribution in [1.29, 1.82) is 0 Å². The van der Waals surface area contributed by atoms with Gasteiger partial charge in [-0.15, -0.1) is 0 Å². The Bertz CT molecular complexity index is 481. The van der Waals surface area contributed by atoms with Gasteiger partial charge < -0.3 is 15.1 Å². The number of nitrogens with zero attached hydrogens (tertiary/aromatic N) is 2. The number of benzene rings is 1. The minimum atomic E-state index is -0.0719. The van der Waals surface area contributed by atoms with Gasteiger partial charge in [-0.3, -0.25) is 4.79 Å². The SMILES string of the molecule is CC(C)=CC(=O)Nc1ccc(N2CCN(C)CC2)cc1. The molecular formula is C16H23N3O. The molecule has 1 saturated heterocycles. The highest BCUT2D eigenvalue weighted by atomic mass is 16.1. The van der Waals surface area contributed by atoms with Crippen molar-refractivity contribution >= 4 is 17.3 Å². The van der Waals surface area contributed by atoms with E-state index in [1.807, 2.05) is 26.0 Å². The summed E-state index contributed by atoms with van der Waals surface area (Å²) in [5, 5.41) is 2.87. The average Bonchev–Trinajstić information content (AvgIpc) is 2.39. The van der Waals surface area contributed by atoms with Crippen LogP contribution in [0.1, 0.15) is 13.8 Å². The lowest BCUT2D eigenvalue weighted by Gasteiger charge is -2.34. The smallest absolute Gasteiger partial charge is 0.248 e. The third kappa shape index (κ3) is 4.10. The second kappa shape index (κ2) is 6.57. The third-order valence-corrected chi connectivity index (χ3v) is 3.42. The van der Waals surface area contributed by atoms with Crippen LogP contribution in [0.5, 0.6) is 0 Å². The first-order valence-corrected chi connectivity index (χ1v) is 7.04. The molecule has 1 aromatic rings. The molecule has 4 heteroatoms. The first-order valence-electron chi connectivity index (χ1n) is 7.04. The van der Waals surface area contributed by atoms with Crippen LogP contribution >= 0.6 is 0 Å². The highest BCUT2D eigenvalue weighted by Crippen LogP contribution is 2.19. The number of likely N-dealkylation sites (N-methyl/N-ethyl adjacent to an activating group) is 1. The van der Waals surface area contributed by atoms with E-state index in [0.29, 0.717) is 0 Å². The normalized spacial score (nSPS) is 15.8. The molecule has 1 amide bonds. The Kier molecular flexibility index (Phi) is 4.79. The minimum Gasteiger partial charge on any atom is -0.369 e. The van der Waals surface area contributed by atoms with Crippen LogP contribution in [0.15, 0.2) is 35.9 Å². The van der Waals surface area contributed by atoms with Crippen molar-refractivity contribution in [3.8, 4) is 0 Å². The molecule has 108 valence electrons. The highest BCUT2D eigenvalue weighted by molar-refractivity contribution is 5.99. The second-order valence-corrected chi connectivity index (χ2v) is 5.55. The standard InChI is InChI=1S/C16H23N3O/c1-13(2)12-16(20)17-14-4-6-15(7-5-14)19-10-8-18(3)9-11-19/h4-7,12H,8-11H2,1-3H3,(H,17,20). The Morgan fingerprint density at radius 2 is 1.70 bits per heavy atom. The maximum absolute atomic E-state index is 11.6. The molecule has 1 N–H and O–H groups in total. The molecule has 1 aliphatic rings. The van der Waals surface area contributed by atoms with Crippen molar-refractivity contribution < 1.29 is 4.79 Å². The molecule has 0 spiro atoms. The first kappa shape index (κ1) is 14.6. The van der Waals surface area contributed by atoms with Crippen molar-refractivity contribution in [2.24, 2.45) is 0 Å². The number of piperazine rings is 1. The summed E-state index contributed by atoms with van der Waals surface area (Å²) < 4.78 is 0. The van der Waals surface area contributed by atoms with E-state index in [-0.39, 0.29) is 5.91 Å². The van der Waals surface area contributed by atoms with Crippen molar-refractivity contribution in [2.75, 3.05) is 43.4 Å². The van der Waals surface area contributed by atoms with E-state index < -0.39 is 0 Å². The summed E-state index contributed by atoms with van der Waals surface area (Å²) in [6.07, 6.45) is 1.61. The van der Waals surface area contributed by atoms with Crippen LogP contribution in [0, 0.1) is 0 Å². The third-order valence-electron chi connectivity index (χ3n) is 3.42. The molecule has 0 atom stereocenters. The predicted molar refractivity (Wildman–Crippen MR) is 84.2 cm³/mol. The zero-order valence-corrected chi connectivity index (χ0v) is 12.5. The molecule has 20 heavy (non-hydrogen) atoms. The van der Waals surface area contributed by atoms with Gasteiger partial charge in [0.15, 0.2) is 0 Å². The van der Waals surface area contributed by atoms with Crippen LogP contribution in [0.2, 0.25) is 0 Å². The molecule has 1 aliphatic heterocycles. The summed E-state index contributed by atoms with van der Waals surface area (Å²) in [7, 11) is 2.15. The molecule has 0 radical (unpaired) electrons. The number of hydrogen-bond donors (Lipinski definition) is 1. The topological polar surface area (TPSA) is 35.6 Å². The molecule has 0 saturated carbocycles. The fourth-order valence-corrected chi connectivity index (χ4v) is 2.26. The lowest BCUT2D eigenvalue weighted by Crippen LogP contribution is -2.44. The maximum Gasteiger partial charge on any atom is 0.248 e. The summed E-state index contributed by atoms with van der Waals surface area (Å²) in [5.41, 5.74) is 3.06. The molecule has 1 fully saturated rings. The zero-order valence-electron chi connectivity index (χ0n) is 12.5. The van der Waals surface area contributed by atoms with E-state index in [4.69, 9.17) is 0 Å². The van der Waals surface area contributed by atoms with Crippen molar-refractivity contribution in [1.82, 2.24) is 4.90 Å². The molecule has 2 rings (SSSR count). The van der Waals surface area contributed by atoms with E-state index >= 15 is 0 Å². The lowest BCUT2D eigenvalue weighted by atomic mass is 10.2. The van der Waals surface area contributed by atoms with Gasteiger partial charge in [-0.1, -0.05) is 5.57 Å². The van der Waals surface area contributed by atoms with Gasteiger partial charge in [-0.05, 0) is 45.2 Å². The Balaban J connectivity index is 1.96. The van der Waals surface area contributed by atoms with Gasteiger partial charge in [0.2, 0.25) is 5.91 Å². The van der Waals surface area contributed by atoms with Crippen LogP contribution in [-0.4, -0.2) is 44.0 Å². The number of hydrogen-bond acceptors (Lipinski definition) is 3. The molecule has 0 bridgehead atoms. The number of nitrogens with one attached hydrogen (secondary N) is 1. The van der Waals surface area contributed by atoms with E-state index in [9.17, 15) is 4.79 Å². The van der Waals surface area contributed by atoms with Crippen LogP contribution in [0.4, 0.5) is 11.4 Å². The van der Waals surface area contributed by atoms with Crippen molar-refractivity contribution in [3.05, 3.63) is 35.9 Å². The Hall–Kier alpha value is -1.81. The summed E-state index contributed by atoms with van der Waals surface area (Å²) in [4.78, 5) is 16.4. The largest absolute Gasteiger partial charge is 0.369 e. The van der Waals surface area contributed by atoms with E-state index in [1.54, 1.807) is 6.08 Å². The minimum absolute atomic E-state index is 0.0719. The summed E-state index contributed by atoms with van der Waals surface area (Å²) >= 11 is 0. The van der Waals surface area contributed by atoms with Gasteiger partial charge in [0.05, 0.1) is 0 Å². The van der Waals surface area contributed by atoms with Crippen molar-refractivity contribution in [2.45, 2.75) is 13.8 Å². The van der Waals surface area contributed by atoms with Crippen molar-refractivity contribution in [3.63, 3.8) is 0 Å². The van der Waals surface area contributed by atoms with Gasteiger partial charge in [0, 0.05) is 43.6 Å². The predicted octanol–water partition coefficient (Wildman–Crippen LogP) is 2.34. The number of allylic oxidation sites excluding steroid dienone is 1. The Morgan fingerprint density at radius 3 is 2.25 bits per heavy atom. The van der Waals surface area contributed by atoms with E-state index in [2.05, 4.69) is 34.3 Å². The van der Waals surface area contributed by atoms with Gasteiger partial charge in [-0.25, -0.2) is 0 Å². The summed E-state index contributed by atoms with van der Waals surface area (Å²) in [6, 6.07) is 8.07. The van der Waals surface area contributed by atoms with Crippen LogP contribution in [0.25, 0.3) is 0 Å². The Labute approximate surface area is 121 Å². The highest BCUT2D eigenvalue weighted by Gasteiger charge is 2.13. The number of amides is 1. The zero-order chi connectivity index (χ0) is 14.5. The molecule has 0 aromatic heterocycles. The fourth-order valence-electron chi connectivity index (χ4n) is 2.26. The summed E-state index contributed by atoms with van der Waals surface area (Å²) in [5.74, 6) is -0.0719. The van der Waals surface area contributed by atoms with E-state index in [0.717, 1.165) is 37.4 Å². The van der Waals surface area contributed by atoms with Gasteiger partial charge in [0.25, 0.3) is 0 Å². The first-order chi connectivity index (χ1) is 9.54. The van der Waals surface area contributed by atoms with Crippen LogP contribution < -0.4 is 10.2 Å². The van der Waals surface area contributed by atoms with Gasteiger partial charge in [-0.2, -0.15) is 0 Å². The number of anilines is 2. The number of carbonyl (C=O) groups excluding carboxylic acids is 1. The number of carbonyl (C=O) groups is 1. The second-order valence-electron chi connectivity index (χ2n) is 5.55. The molecule has 0 aliphatic carbocycles. The quantitative estimate of drug-likeness (QED) is 0.859.